The number of carbonyl (C=O) groups is 4. The Morgan fingerprint density at radius 1 is 0.471 bits per heavy atom. The van der Waals surface area contributed by atoms with Gasteiger partial charge in [-0.05, 0) is 35.1 Å². The number of benzene rings is 4. The molecule has 2 fully saturated rings. The van der Waals surface area contributed by atoms with E-state index < -0.39 is 91.4 Å². The van der Waals surface area contributed by atoms with Gasteiger partial charge in [-0.2, -0.15) is 0 Å². The van der Waals surface area contributed by atoms with Crippen LogP contribution < -0.4 is 0 Å². The summed E-state index contributed by atoms with van der Waals surface area (Å²) < 4.78 is 78.0. The zero-order valence-corrected chi connectivity index (χ0v) is 50.8. The highest BCUT2D eigenvalue weighted by atomic mass is 16.8. The molecule has 16 nitrogen and oxygen atoms in total. The lowest BCUT2D eigenvalue weighted by Gasteiger charge is -2.50. The maximum Gasteiger partial charge on any atom is 0.330 e. The average molecular weight is 1180 g/mol. The third kappa shape index (κ3) is 25.6. The van der Waals surface area contributed by atoms with Crippen LogP contribution in [0.25, 0.3) is 0 Å². The fourth-order valence-corrected chi connectivity index (χ4v) is 10.7. The highest BCUT2D eigenvalue weighted by molar-refractivity contribution is 5.81. The van der Waals surface area contributed by atoms with Crippen LogP contribution in [0.2, 0.25) is 0 Å². The number of hydrogen-bond donors (Lipinski definition) is 0. The Kier molecular flexibility index (Phi) is 32.0. The van der Waals surface area contributed by atoms with Gasteiger partial charge in [0, 0.05) is 26.8 Å². The number of ether oxygens (including phenoxy) is 12. The van der Waals surface area contributed by atoms with Crippen molar-refractivity contribution in [3.05, 3.63) is 156 Å². The van der Waals surface area contributed by atoms with Gasteiger partial charge in [0.2, 0.25) is 0 Å². The lowest BCUT2D eigenvalue weighted by Crippen LogP contribution is -2.67. The predicted molar refractivity (Wildman–Crippen MR) is 321 cm³/mol. The topological polar surface area (TPSA) is 179 Å². The van der Waals surface area contributed by atoms with E-state index in [4.69, 9.17) is 56.8 Å². The molecule has 0 saturated carbocycles. The second-order valence-corrected chi connectivity index (χ2v) is 22.1. The van der Waals surface area contributed by atoms with Crippen molar-refractivity contribution in [1.82, 2.24) is 0 Å². The van der Waals surface area contributed by atoms with Gasteiger partial charge in [-0.15, -0.1) is 0 Å². The summed E-state index contributed by atoms with van der Waals surface area (Å²) in [5, 5.41) is 0. The lowest BCUT2D eigenvalue weighted by molar-refractivity contribution is -0.373. The molecule has 0 spiro atoms. The highest BCUT2D eigenvalue weighted by Gasteiger charge is 2.56. The molecule has 0 aromatic heterocycles. The molecule has 0 radical (unpaired) electrons. The van der Waals surface area contributed by atoms with Crippen molar-refractivity contribution in [1.29, 1.82) is 0 Å². The van der Waals surface area contributed by atoms with Gasteiger partial charge in [-0.25, -0.2) is 4.79 Å². The van der Waals surface area contributed by atoms with Gasteiger partial charge in [-0.1, -0.05) is 231 Å². The average Bonchev–Trinajstić information content (AvgIpc) is 1.41. The smallest absolute Gasteiger partial charge is 0.330 e. The molecule has 85 heavy (non-hydrogen) atoms. The van der Waals surface area contributed by atoms with E-state index in [1.807, 2.05) is 121 Å². The van der Waals surface area contributed by atoms with E-state index in [1.165, 1.54) is 105 Å². The Bertz CT molecular complexity index is 2480. The number of esters is 4. The molecule has 2 aliphatic rings. The Balaban J connectivity index is 1.31. The molecule has 4 aromatic rings. The number of hydrogen-bond acceptors (Lipinski definition) is 16. The summed E-state index contributed by atoms with van der Waals surface area (Å²) in [6.07, 6.45) is 9.68. The summed E-state index contributed by atoms with van der Waals surface area (Å²) in [5.74, 6) is -2.47. The summed E-state index contributed by atoms with van der Waals surface area (Å²) in [6, 6.07) is 38.5. The van der Waals surface area contributed by atoms with Gasteiger partial charge >= 0.3 is 23.9 Å². The van der Waals surface area contributed by atoms with Crippen LogP contribution in [0.5, 0.6) is 0 Å². The van der Waals surface area contributed by atoms with E-state index in [9.17, 15) is 19.2 Å². The molecule has 1 unspecified atom stereocenters. The first-order chi connectivity index (χ1) is 41.5. The molecule has 2 saturated heterocycles. The minimum atomic E-state index is -1.40. The maximum atomic E-state index is 13.5. The van der Waals surface area contributed by atoms with Crippen LogP contribution >= 0.6 is 0 Å². The summed E-state index contributed by atoms with van der Waals surface area (Å²) in [7, 11) is 1.32. The zero-order chi connectivity index (χ0) is 60.3. The van der Waals surface area contributed by atoms with Crippen LogP contribution in [0.1, 0.15) is 159 Å². The molecule has 16 heteroatoms. The van der Waals surface area contributed by atoms with Crippen LogP contribution in [-0.2, 0) is 102 Å². The van der Waals surface area contributed by atoms with Crippen LogP contribution in [0, 0.1) is 0 Å². The van der Waals surface area contributed by atoms with E-state index in [0.717, 1.165) is 47.9 Å². The summed E-state index contributed by atoms with van der Waals surface area (Å²) in [5.41, 5.74) is 3.47. The largest absolute Gasteiger partial charge is 0.466 e. The molecule has 2 heterocycles. The van der Waals surface area contributed by atoms with Crippen molar-refractivity contribution in [2.45, 2.75) is 231 Å². The van der Waals surface area contributed by atoms with Crippen LogP contribution in [0.3, 0.4) is 0 Å². The van der Waals surface area contributed by atoms with Gasteiger partial charge in [0.05, 0.1) is 46.2 Å². The van der Waals surface area contributed by atoms with Gasteiger partial charge in [0.25, 0.3) is 0 Å². The fourth-order valence-electron chi connectivity index (χ4n) is 10.7. The summed E-state index contributed by atoms with van der Waals surface area (Å²) in [6.45, 7) is 6.19. The highest BCUT2D eigenvalue weighted by Crippen LogP contribution is 2.37. The fraction of sp³-hybridized carbons (Fsp3) is 0.565. The Labute approximate surface area is 504 Å². The van der Waals surface area contributed by atoms with Crippen molar-refractivity contribution in [3.63, 3.8) is 0 Å². The molecule has 0 aliphatic carbocycles. The minimum Gasteiger partial charge on any atom is -0.466 e. The molecular formula is C69H94O16. The molecule has 4 aromatic carbocycles. The number of methoxy groups -OCH3 is 1. The quantitative estimate of drug-likeness (QED) is 0.0177. The second kappa shape index (κ2) is 39.8. The number of unbranched alkanes of at least 4 members (excludes halogenated alkanes) is 14. The molecule has 0 bridgehead atoms. The normalized spacial score (nSPS) is 22.6. The lowest BCUT2D eigenvalue weighted by atomic mass is 9.95. The Hall–Kier alpha value is -5.82. The first kappa shape index (κ1) is 68.3. The van der Waals surface area contributed by atoms with Crippen LogP contribution in [-0.4, -0.2) is 112 Å². The predicted octanol–water partition coefficient (Wildman–Crippen LogP) is 13.0. The zero-order valence-electron chi connectivity index (χ0n) is 50.8. The van der Waals surface area contributed by atoms with Gasteiger partial charge in [-0.3, -0.25) is 14.4 Å². The number of carbonyl (C=O) groups excluding carboxylic acids is 4. The molecule has 6 rings (SSSR count). The minimum absolute atomic E-state index is 0.0786. The molecule has 2 aliphatic heterocycles. The van der Waals surface area contributed by atoms with Crippen molar-refractivity contribution >= 4 is 23.9 Å². The van der Waals surface area contributed by atoms with Crippen LogP contribution in [0.4, 0.5) is 0 Å². The molecular weight excluding hydrogens is 1080 g/mol. The van der Waals surface area contributed by atoms with Crippen LogP contribution in [0.15, 0.2) is 133 Å². The molecule has 0 amide bonds. The van der Waals surface area contributed by atoms with E-state index >= 15 is 0 Å². The van der Waals surface area contributed by atoms with Crippen molar-refractivity contribution in [2.75, 3.05) is 20.3 Å². The van der Waals surface area contributed by atoms with Gasteiger partial charge < -0.3 is 56.8 Å². The first-order valence-electron chi connectivity index (χ1n) is 30.9. The van der Waals surface area contributed by atoms with Crippen molar-refractivity contribution < 1.29 is 76.0 Å². The third-order valence-electron chi connectivity index (χ3n) is 15.1. The van der Waals surface area contributed by atoms with E-state index in [1.54, 1.807) is 6.08 Å². The summed E-state index contributed by atoms with van der Waals surface area (Å²) in [4.78, 5) is 51.8. The van der Waals surface area contributed by atoms with E-state index in [0.29, 0.717) is 6.42 Å². The first-order valence-corrected chi connectivity index (χ1v) is 30.9. The standard InChI is InChI=1S/C69H94O16/c1-6-7-8-9-10-11-12-13-14-15-16-17-18-19-32-42-58(43-33-44-61(73)74-5)82-69-67(81-53(4)72)65(80-52(3)71)63(59(83-69)49-75-45-54-34-24-20-25-35-54)85-68-66(79-48-57-40-30-23-31-41-57)64(78-47-56-38-28-22-29-39-56)62(60(84-68)50-76-51(2)70)77-46-55-36-26-21-27-37-55/h20-31,33-41,44,58-60,62-69H,6-19,32,42-43,45-50H2,1-5H3/b44-33+/t58?,59-,60-,62-,63+,64+,65+,66-,67-,68-,69-/m1/s1. The Morgan fingerprint density at radius 2 is 0.906 bits per heavy atom. The molecule has 466 valence electrons. The molecule has 0 N–H and O–H groups in total. The summed E-state index contributed by atoms with van der Waals surface area (Å²) >= 11 is 0. The van der Waals surface area contributed by atoms with E-state index in [2.05, 4.69) is 6.92 Å². The number of rotatable bonds is 40. The molecule has 11 atom stereocenters. The Morgan fingerprint density at radius 3 is 1.39 bits per heavy atom. The van der Waals surface area contributed by atoms with Crippen molar-refractivity contribution in [2.24, 2.45) is 0 Å². The third-order valence-corrected chi connectivity index (χ3v) is 15.1. The second-order valence-electron chi connectivity index (χ2n) is 22.1. The van der Waals surface area contributed by atoms with Gasteiger partial charge in [0.1, 0.15) is 43.2 Å². The SMILES string of the molecule is CCCCCCCCCCCCCCCCCC(C/C=C/C(=O)OC)O[C@@H]1O[C@H](COCc2ccccc2)[C@H](O[C@H]2O[C@H](COC(C)=O)[C@@H](OCc3ccccc3)[C@H](OCc3ccccc3)[C@H]2OCc2ccccc2)[C@H](OC(C)=O)[C@H]1OC(C)=O. The van der Waals surface area contributed by atoms with Gasteiger partial charge in [0.15, 0.2) is 24.8 Å². The van der Waals surface area contributed by atoms with E-state index in [-0.39, 0.29) is 46.1 Å². The maximum absolute atomic E-state index is 13.5. The monoisotopic (exact) mass is 1180 g/mol. The van der Waals surface area contributed by atoms with Crippen molar-refractivity contribution in [3.8, 4) is 0 Å².